The molecule has 4 heteroatoms. The maximum Gasteiger partial charge on any atom is 2.00 e. The van der Waals surface area contributed by atoms with E-state index in [9.17, 15) is 0 Å². The maximum atomic E-state index is 6.26. The van der Waals surface area contributed by atoms with E-state index >= 15 is 0 Å². The van der Waals surface area contributed by atoms with Crippen LogP contribution in [0.1, 0.15) is 0 Å². The minimum absolute atomic E-state index is 0. The molecule has 0 fully saturated rings. The fourth-order valence-electron chi connectivity index (χ4n) is 4.08. The number of ether oxygens (including phenoxy) is 1. The summed E-state index contributed by atoms with van der Waals surface area (Å²) in [7, 11) is 0. The molecule has 6 aromatic rings. The van der Waals surface area contributed by atoms with Crippen LogP contribution >= 0.6 is 0 Å². The van der Waals surface area contributed by atoms with Crippen LogP contribution in [0.2, 0.25) is 0 Å². The third kappa shape index (κ3) is 4.23. The quantitative estimate of drug-likeness (QED) is 0.192. The molecular formula is C30H18N2OPt. The molecular weight excluding hydrogens is 599 g/mol. The first-order valence-corrected chi connectivity index (χ1v) is 10.8. The van der Waals surface area contributed by atoms with Gasteiger partial charge in [0.15, 0.2) is 0 Å². The topological polar surface area (TPSA) is 35.0 Å². The largest absolute Gasteiger partial charge is 2.00 e. The number of benzene rings is 4. The van der Waals surface area contributed by atoms with E-state index in [0.717, 1.165) is 44.1 Å². The summed E-state index contributed by atoms with van der Waals surface area (Å²) in [5, 5.41) is 4.38. The Labute approximate surface area is 212 Å². The molecule has 0 N–H and O–H groups in total. The molecule has 164 valence electrons. The minimum atomic E-state index is 0. The molecule has 0 aliphatic carbocycles. The monoisotopic (exact) mass is 617 g/mol. The molecule has 3 nitrogen and oxygen atoms in total. The third-order valence-electron chi connectivity index (χ3n) is 5.60. The van der Waals surface area contributed by atoms with Crippen molar-refractivity contribution in [2.24, 2.45) is 0 Å². The second kappa shape index (κ2) is 9.59. The van der Waals surface area contributed by atoms with Crippen LogP contribution in [0.4, 0.5) is 0 Å². The van der Waals surface area contributed by atoms with Crippen LogP contribution in [0.25, 0.3) is 44.1 Å². The van der Waals surface area contributed by atoms with Crippen LogP contribution < -0.4 is 4.74 Å². The van der Waals surface area contributed by atoms with E-state index in [2.05, 4.69) is 46.4 Å². The summed E-state index contributed by atoms with van der Waals surface area (Å²) >= 11 is 0. The van der Waals surface area contributed by atoms with E-state index in [4.69, 9.17) is 4.74 Å². The van der Waals surface area contributed by atoms with Crippen LogP contribution in [-0.2, 0) is 21.1 Å². The Kier molecular flexibility index (Phi) is 6.20. The van der Waals surface area contributed by atoms with Crippen molar-refractivity contribution in [2.75, 3.05) is 0 Å². The van der Waals surface area contributed by atoms with Crippen molar-refractivity contribution in [1.29, 1.82) is 0 Å². The molecule has 4 aromatic carbocycles. The standard InChI is InChI=1S/C30H18N2O.Pt/c1-4-13-27-21(8-1)15-17-32-30(27)23-10-7-11-24(19-23)33-25-18-22-9-2-3-12-26(22)28(20-25)29-14-5-6-16-31-29;/h1-18H;/q-2;+2. The van der Waals surface area contributed by atoms with Gasteiger partial charge in [-0.15, -0.1) is 29.3 Å². The second-order valence-electron chi connectivity index (χ2n) is 7.72. The molecule has 0 aliphatic heterocycles. The van der Waals surface area contributed by atoms with Crippen LogP contribution in [0.3, 0.4) is 0 Å². The predicted molar refractivity (Wildman–Crippen MR) is 132 cm³/mol. The van der Waals surface area contributed by atoms with Crippen molar-refractivity contribution in [3.05, 3.63) is 122 Å². The van der Waals surface area contributed by atoms with Crippen molar-refractivity contribution < 1.29 is 25.8 Å². The van der Waals surface area contributed by atoms with Gasteiger partial charge in [0.05, 0.1) is 0 Å². The zero-order chi connectivity index (χ0) is 22.0. The van der Waals surface area contributed by atoms with Crippen LogP contribution in [0.5, 0.6) is 11.5 Å². The average Bonchev–Trinajstić information content (AvgIpc) is 2.88. The fourth-order valence-corrected chi connectivity index (χ4v) is 4.08. The van der Waals surface area contributed by atoms with Gasteiger partial charge in [-0.25, -0.2) is 0 Å². The number of pyridine rings is 2. The number of rotatable bonds is 4. The number of fused-ring (bicyclic) bond motifs is 2. The van der Waals surface area contributed by atoms with E-state index in [1.54, 1.807) is 6.20 Å². The molecule has 0 saturated carbocycles. The molecule has 0 aliphatic rings. The van der Waals surface area contributed by atoms with Crippen molar-refractivity contribution in [2.45, 2.75) is 0 Å². The molecule has 0 bridgehead atoms. The molecule has 2 heterocycles. The number of hydrogen-bond donors (Lipinski definition) is 0. The van der Waals surface area contributed by atoms with Gasteiger partial charge in [-0.2, -0.15) is 0 Å². The Balaban J connectivity index is 0.00000241. The Morgan fingerprint density at radius 1 is 0.588 bits per heavy atom. The van der Waals surface area contributed by atoms with Gasteiger partial charge >= 0.3 is 21.1 Å². The Morgan fingerprint density at radius 2 is 1.38 bits per heavy atom. The molecule has 0 saturated heterocycles. The average molecular weight is 618 g/mol. The summed E-state index contributed by atoms with van der Waals surface area (Å²) in [6.07, 6.45) is 3.62. The number of hydrogen-bond acceptors (Lipinski definition) is 3. The summed E-state index contributed by atoms with van der Waals surface area (Å²) in [5.41, 5.74) is 3.54. The molecule has 0 unspecified atom stereocenters. The normalized spacial score (nSPS) is 10.7. The SMILES string of the molecule is [Pt+2].[c-]1c(Oc2[c-]c(-c3ccccn3)c3ccccc3c2)cccc1-c1nccc2ccccc12. The van der Waals surface area contributed by atoms with Gasteiger partial charge in [0.25, 0.3) is 0 Å². The first-order valence-electron chi connectivity index (χ1n) is 10.8. The molecule has 0 atom stereocenters. The van der Waals surface area contributed by atoms with E-state index in [0.29, 0.717) is 11.5 Å². The van der Waals surface area contributed by atoms with Crippen molar-refractivity contribution in [3.63, 3.8) is 0 Å². The van der Waals surface area contributed by atoms with Crippen LogP contribution in [0, 0.1) is 12.1 Å². The van der Waals surface area contributed by atoms with Crippen LogP contribution in [0.15, 0.2) is 109 Å². The third-order valence-corrected chi connectivity index (χ3v) is 5.60. The molecule has 0 amide bonds. The zero-order valence-corrected chi connectivity index (χ0v) is 20.3. The van der Waals surface area contributed by atoms with Gasteiger partial charge < -0.3 is 14.7 Å². The Hall–Kier alpha value is -3.81. The minimum Gasteiger partial charge on any atom is -0.497 e. The Morgan fingerprint density at radius 3 is 2.24 bits per heavy atom. The zero-order valence-electron chi connectivity index (χ0n) is 18.0. The fraction of sp³-hybridized carbons (Fsp3) is 0. The number of aromatic nitrogens is 2. The summed E-state index contributed by atoms with van der Waals surface area (Å²) in [6.45, 7) is 0. The van der Waals surface area contributed by atoms with E-state index in [1.165, 1.54) is 0 Å². The smallest absolute Gasteiger partial charge is 0.497 e. The predicted octanol–water partition coefficient (Wildman–Crippen LogP) is 7.51. The van der Waals surface area contributed by atoms with Crippen molar-refractivity contribution in [1.82, 2.24) is 9.97 Å². The van der Waals surface area contributed by atoms with E-state index < -0.39 is 0 Å². The summed E-state index contributed by atoms with van der Waals surface area (Å²) in [5.74, 6) is 1.23. The van der Waals surface area contributed by atoms with Gasteiger partial charge in [0.1, 0.15) is 0 Å². The van der Waals surface area contributed by atoms with Crippen LogP contribution in [-0.4, -0.2) is 9.97 Å². The summed E-state index contributed by atoms with van der Waals surface area (Å²) in [4.78, 5) is 9.14. The van der Waals surface area contributed by atoms with Crippen molar-refractivity contribution in [3.8, 4) is 34.0 Å². The van der Waals surface area contributed by atoms with Crippen molar-refractivity contribution >= 4 is 21.5 Å². The summed E-state index contributed by atoms with van der Waals surface area (Å²) < 4.78 is 6.26. The van der Waals surface area contributed by atoms with E-state index in [-0.39, 0.29) is 21.1 Å². The Bertz CT molecular complexity index is 1590. The van der Waals surface area contributed by atoms with Gasteiger partial charge in [-0.05, 0) is 34.3 Å². The van der Waals surface area contributed by atoms with Gasteiger partial charge in [0, 0.05) is 23.9 Å². The first kappa shape index (κ1) is 22.0. The molecule has 0 radical (unpaired) electrons. The van der Waals surface area contributed by atoms with Gasteiger partial charge in [-0.3, -0.25) is 0 Å². The second-order valence-corrected chi connectivity index (χ2v) is 7.72. The number of nitrogens with zero attached hydrogens (tertiary/aromatic N) is 2. The molecule has 6 rings (SSSR count). The molecule has 34 heavy (non-hydrogen) atoms. The first-order chi connectivity index (χ1) is 16.3. The van der Waals surface area contributed by atoms with Gasteiger partial charge in [0.2, 0.25) is 0 Å². The summed E-state index contributed by atoms with van der Waals surface area (Å²) in [6, 6.07) is 39.0. The van der Waals surface area contributed by atoms with Gasteiger partial charge in [-0.1, -0.05) is 89.6 Å². The van der Waals surface area contributed by atoms with E-state index in [1.807, 2.05) is 79.0 Å². The molecule has 0 spiro atoms. The maximum absolute atomic E-state index is 6.26. The molecule has 2 aromatic heterocycles.